The number of ether oxygens (including phenoxy) is 1. The Kier molecular flexibility index (Phi) is 5.66. The van der Waals surface area contributed by atoms with E-state index in [1.54, 1.807) is 25.7 Å². The third-order valence-electron chi connectivity index (χ3n) is 5.46. The number of nitrogens with one attached hydrogen (secondary N) is 1. The Morgan fingerprint density at radius 2 is 2.00 bits per heavy atom. The molecule has 1 saturated carbocycles. The van der Waals surface area contributed by atoms with E-state index in [1.165, 1.54) is 12.8 Å². The van der Waals surface area contributed by atoms with Gasteiger partial charge in [-0.15, -0.1) is 10.2 Å². The molecule has 3 heterocycles. The maximum absolute atomic E-state index is 6.22. The van der Waals surface area contributed by atoms with Gasteiger partial charge in [0.2, 0.25) is 5.88 Å². The van der Waals surface area contributed by atoms with Crippen LogP contribution in [-0.4, -0.2) is 56.6 Å². The van der Waals surface area contributed by atoms with Crippen molar-refractivity contribution >= 4 is 5.82 Å². The van der Waals surface area contributed by atoms with Crippen molar-refractivity contribution in [2.24, 2.45) is 5.73 Å². The van der Waals surface area contributed by atoms with E-state index in [2.05, 4.69) is 42.3 Å². The van der Waals surface area contributed by atoms with Crippen LogP contribution in [0.5, 0.6) is 5.88 Å². The van der Waals surface area contributed by atoms with Gasteiger partial charge in [0.1, 0.15) is 17.1 Å². The second-order valence-electron chi connectivity index (χ2n) is 7.42. The van der Waals surface area contributed by atoms with Gasteiger partial charge in [0.05, 0.1) is 19.5 Å². The lowest BCUT2D eigenvalue weighted by molar-refractivity contribution is 0.398. The zero-order chi connectivity index (χ0) is 20.2. The molecule has 0 bridgehead atoms. The molecule has 152 valence electrons. The zero-order valence-electron chi connectivity index (χ0n) is 16.7. The maximum atomic E-state index is 6.22. The summed E-state index contributed by atoms with van der Waals surface area (Å²) in [5, 5.41) is 15.5. The number of aromatic nitrogens is 6. The van der Waals surface area contributed by atoms with Crippen LogP contribution in [-0.2, 0) is 0 Å². The summed E-state index contributed by atoms with van der Waals surface area (Å²) in [7, 11) is 3.63. The van der Waals surface area contributed by atoms with Gasteiger partial charge in [0.15, 0.2) is 5.82 Å². The van der Waals surface area contributed by atoms with Gasteiger partial charge >= 0.3 is 0 Å². The Balaban J connectivity index is 1.54. The molecule has 0 aliphatic heterocycles. The summed E-state index contributed by atoms with van der Waals surface area (Å²) in [6.07, 6.45) is 10.7. The summed E-state index contributed by atoms with van der Waals surface area (Å²) in [5.74, 6) is 1.25. The monoisotopic (exact) mass is 394 g/mol. The molecule has 3 aromatic rings. The minimum absolute atomic E-state index is 0.258. The Morgan fingerprint density at radius 1 is 1.14 bits per heavy atom. The molecule has 1 aliphatic carbocycles. The molecule has 1 aliphatic rings. The Hall–Kier alpha value is -3.07. The van der Waals surface area contributed by atoms with Crippen LogP contribution < -0.4 is 15.4 Å². The molecule has 0 spiro atoms. The van der Waals surface area contributed by atoms with Crippen LogP contribution in [0.1, 0.15) is 32.1 Å². The summed E-state index contributed by atoms with van der Waals surface area (Å²) in [5.41, 5.74) is 8.90. The van der Waals surface area contributed by atoms with Crippen molar-refractivity contribution < 1.29 is 4.74 Å². The standard InChI is InChI=1S/C20H26N8O/c1-28(15-6-4-3-5-14(21)9-15)18-8-7-16(26-27-18)17-12-22-19(20(25-17)29-2)13-10-23-24-11-13/h7-8,10-12,14-15H,3-6,9,21H2,1-2H3,(H,23,24)/t14?,15-/m0/s1. The first kappa shape index (κ1) is 19.3. The van der Waals surface area contributed by atoms with E-state index < -0.39 is 0 Å². The van der Waals surface area contributed by atoms with Gasteiger partial charge in [-0.05, 0) is 31.4 Å². The lowest BCUT2D eigenvalue weighted by atomic mass is 10.1. The van der Waals surface area contributed by atoms with Crippen molar-refractivity contribution in [2.45, 2.75) is 44.2 Å². The van der Waals surface area contributed by atoms with Gasteiger partial charge in [-0.1, -0.05) is 12.8 Å². The van der Waals surface area contributed by atoms with Crippen molar-refractivity contribution in [1.29, 1.82) is 0 Å². The first-order chi connectivity index (χ1) is 14.2. The number of H-pyrrole nitrogens is 1. The third-order valence-corrected chi connectivity index (χ3v) is 5.46. The predicted molar refractivity (Wildman–Crippen MR) is 110 cm³/mol. The van der Waals surface area contributed by atoms with Crippen LogP contribution in [0.2, 0.25) is 0 Å². The smallest absolute Gasteiger partial charge is 0.241 e. The minimum atomic E-state index is 0.258. The molecule has 3 aromatic heterocycles. The number of nitrogens with two attached hydrogens (primary N) is 1. The highest BCUT2D eigenvalue weighted by atomic mass is 16.5. The van der Waals surface area contributed by atoms with Crippen molar-refractivity contribution in [1.82, 2.24) is 30.4 Å². The Morgan fingerprint density at radius 3 is 2.72 bits per heavy atom. The van der Waals surface area contributed by atoms with Crippen molar-refractivity contribution in [3.63, 3.8) is 0 Å². The highest BCUT2D eigenvalue weighted by Gasteiger charge is 2.22. The first-order valence-corrected chi connectivity index (χ1v) is 9.88. The molecule has 1 fully saturated rings. The number of aromatic amines is 1. The molecular weight excluding hydrogens is 368 g/mol. The molecule has 1 unspecified atom stereocenters. The van der Waals surface area contributed by atoms with Gasteiger partial charge in [-0.3, -0.25) is 5.10 Å². The quantitative estimate of drug-likeness (QED) is 0.633. The van der Waals surface area contributed by atoms with Crippen LogP contribution in [0.15, 0.2) is 30.7 Å². The van der Waals surface area contributed by atoms with E-state index in [4.69, 9.17) is 10.5 Å². The van der Waals surface area contributed by atoms with Gasteiger partial charge < -0.3 is 15.4 Å². The molecule has 9 heteroatoms. The van der Waals surface area contributed by atoms with Crippen LogP contribution in [0.25, 0.3) is 22.6 Å². The van der Waals surface area contributed by atoms with Crippen LogP contribution in [0.3, 0.4) is 0 Å². The Bertz CT molecular complexity index is 928. The molecule has 2 atom stereocenters. The third kappa shape index (κ3) is 4.19. The molecule has 4 rings (SSSR count). The molecule has 0 saturated heterocycles. The van der Waals surface area contributed by atoms with Crippen LogP contribution in [0, 0.1) is 0 Å². The van der Waals surface area contributed by atoms with E-state index in [0.717, 1.165) is 30.6 Å². The van der Waals surface area contributed by atoms with Crippen molar-refractivity contribution in [3.05, 3.63) is 30.7 Å². The Labute approximate surface area is 169 Å². The summed E-state index contributed by atoms with van der Waals surface area (Å²) in [4.78, 5) is 11.2. The topological polar surface area (TPSA) is 119 Å². The number of anilines is 1. The average molecular weight is 394 g/mol. The number of hydrogen-bond acceptors (Lipinski definition) is 8. The fourth-order valence-electron chi connectivity index (χ4n) is 3.78. The normalized spacial score (nSPS) is 19.6. The number of hydrogen-bond donors (Lipinski definition) is 2. The van der Waals surface area contributed by atoms with Gasteiger partial charge in [-0.2, -0.15) is 5.10 Å². The predicted octanol–water partition coefficient (Wildman–Crippen LogP) is 2.43. The number of rotatable bonds is 5. The van der Waals surface area contributed by atoms with E-state index >= 15 is 0 Å². The van der Waals surface area contributed by atoms with Crippen molar-refractivity contribution in [2.75, 3.05) is 19.1 Å². The second kappa shape index (κ2) is 8.52. The maximum Gasteiger partial charge on any atom is 0.241 e. The minimum Gasteiger partial charge on any atom is -0.479 e. The highest BCUT2D eigenvalue weighted by molar-refractivity contribution is 5.65. The number of methoxy groups -OCH3 is 1. The lowest BCUT2D eigenvalue weighted by Gasteiger charge is -2.29. The van der Waals surface area contributed by atoms with E-state index in [9.17, 15) is 0 Å². The average Bonchev–Trinajstić information content (AvgIpc) is 3.21. The van der Waals surface area contributed by atoms with Gasteiger partial charge in [-0.25, -0.2) is 9.97 Å². The van der Waals surface area contributed by atoms with E-state index in [0.29, 0.717) is 29.0 Å². The SMILES string of the molecule is COc1nc(-c2ccc(N(C)[C@H]3CCCCC(N)C3)nn2)cnc1-c1cn[nH]c1. The molecule has 29 heavy (non-hydrogen) atoms. The summed E-state index contributed by atoms with van der Waals surface area (Å²) >= 11 is 0. The second-order valence-corrected chi connectivity index (χ2v) is 7.42. The van der Waals surface area contributed by atoms with Crippen molar-refractivity contribution in [3.8, 4) is 28.5 Å². The number of nitrogens with zero attached hydrogens (tertiary/aromatic N) is 6. The lowest BCUT2D eigenvalue weighted by Crippen LogP contribution is -2.36. The molecular formula is C20H26N8O. The molecule has 3 N–H and O–H groups in total. The molecule has 0 radical (unpaired) electrons. The summed E-state index contributed by atoms with van der Waals surface area (Å²) in [6, 6.07) is 4.53. The van der Waals surface area contributed by atoms with E-state index in [1.807, 2.05) is 12.1 Å². The molecule has 0 aromatic carbocycles. The van der Waals surface area contributed by atoms with Gasteiger partial charge in [0.25, 0.3) is 0 Å². The first-order valence-electron chi connectivity index (χ1n) is 9.88. The molecule has 9 nitrogen and oxygen atoms in total. The fraction of sp³-hybridized carbons (Fsp3) is 0.450. The van der Waals surface area contributed by atoms with Crippen LogP contribution in [0.4, 0.5) is 5.82 Å². The summed E-state index contributed by atoms with van der Waals surface area (Å²) < 4.78 is 5.41. The zero-order valence-corrected chi connectivity index (χ0v) is 16.7. The largest absolute Gasteiger partial charge is 0.479 e. The molecule has 0 amide bonds. The highest BCUT2D eigenvalue weighted by Crippen LogP contribution is 2.28. The van der Waals surface area contributed by atoms with Gasteiger partial charge in [0, 0.05) is 30.9 Å². The fourth-order valence-corrected chi connectivity index (χ4v) is 3.78. The summed E-state index contributed by atoms with van der Waals surface area (Å²) in [6.45, 7) is 0. The van der Waals surface area contributed by atoms with Crippen LogP contribution >= 0.6 is 0 Å². The van der Waals surface area contributed by atoms with E-state index in [-0.39, 0.29) is 6.04 Å².